The van der Waals surface area contributed by atoms with Gasteiger partial charge in [-0.2, -0.15) is 0 Å². The molecule has 1 aromatic carbocycles. The van der Waals surface area contributed by atoms with Gasteiger partial charge in [0.25, 0.3) is 0 Å². The highest BCUT2D eigenvalue weighted by Crippen LogP contribution is 2.47. The molecule has 2 rings (SSSR count). The lowest BCUT2D eigenvalue weighted by Crippen LogP contribution is -2.42. The van der Waals surface area contributed by atoms with Gasteiger partial charge in [0.05, 0.1) is 11.6 Å². The van der Waals surface area contributed by atoms with Gasteiger partial charge in [-0.3, -0.25) is 4.79 Å². The van der Waals surface area contributed by atoms with Crippen molar-refractivity contribution >= 4 is 21.7 Å². The molecule has 0 aromatic heterocycles. The van der Waals surface area contributed by atoms with Gasteiger partial charge in [-0.05, 0) is 70.8 Å². The van der Waals surface area contributed by atoms with Crippen molar-refractivity contribution in [1.29, 1.82) is 0 Å². The van der Waals surface area contributed by atoms with Crippen molar-refractivity contribution < 1.29 is 19.7 Å². The van der Waals surface area contributed by atoms with Crippen LogP contribution in [-0.2, 0) is 11.2 Å². The van der Waals surface area contributed by atoms with Crippen LogP contribution in [0.1, 0.15) is 32.8 Å². The molecule has 2 N–H and O–H groups in total. The van der Waals surface area contributed by atoms with E-state index >= 15 is 0 Å². The molecule has 0 heterocycles. The van der Waals surface area contributed by atoms with Gasteiger partial charge in [-0.1, -0.05) is 19.4 Å². The Bertz CT molecular complexity index is 664. The summed E-state index contributed by atoms with van der Waals surface area (Å²) in [5, 5.41) is 19.6. The number of phenolic OH excluding ortho intramolecular Hbond substituents is 1. The second kappa shape index (κ2) is 7.28. The second-order valence-corrected chi connectivity index (χ2v) is 7.90. The SMILES string of the molecule is COc1cc(C[C@@H]2C(=O)C=C(C)[C@@H](CCO)C2(C)C)c(O)cc1Br. The lowest BCUT2D eigenvalue weighted by atomic mass is 9.59. The predicted molar refractivity (Wildman–Crippen MR) is 97.3 cm³/mol. The average Bonchev–Trinajstić information content (AvgIpc) is 2.49. The first-order chi connectivity index (χ1) is 11.2. The number of ether oxygens (including phenoxy) is 1. The zero-order valence-electron chi connectivity index (χ0n) is 14.6. The number of allylic oxidation sites excluding steroid dienone is 2. The predicted octanol–water partition coefficient (Wildman–Crippen LogP) is 3.88. The lowest BCUT2D eigenvalue weighted by Gasteiger charge is -2.44. The third-order valence-electron chi connectivity index (χ3n) is 5.25. The fraction of sp³-hybridized carbons (Fsp3) is 0.526. The summed E-state index contributed by atoms with van der Waals surface area (Å²) < 4.78 is 5.97. The third-order valence-corrected chi connectivity index (χ3v) is 5.87. The number of halogens is 1. The van der Waals surface area contributed by atoms with Gasteiger partial charge >= 0.3 is 0 Å². The zero-order chi connectivity index (χ0) is 18.1. The van der Waals surface area contributed by atoms with Crippen molar-refractivity contribution in [3.8, 4) is 11.5 Å². The van der Waals surface area contributed by atoms with Crippen molar-refractivity contribution in [2.45, 2.75) is 33.6 Å². The van der Waals surface area contributed by atoms with Gasteiger partial charge in [0.1, 0.15) is 11.5 Å². The van der Waals surface area contributed by atoms with Crippen LogP contribution >= 0.6 is 15.9 Å². The number of phenols is 1. The molecule has 0 radical (unpaired) electrons. The summed E-state index contributed by atoms with van der Waals surface area (Å²) in [4.78, 5) is 12.6. The number of carbonyl (C=O) groups is 1. The van der Waals surface area contributed by atoms with E-state index < -0.39 is 0 Å². The average molecular weight is 397 g/mol. The highest BCUT2D eigenvalue weighted by molar-refractivity contribution is 9.10. The van der Waals surface area contributed by atoms with Gasteiger partial charge < -0.3 is 14.9 Å². The van der Waals surface area contributed by atoms with E-state index in [-0.39, 0.29) is 35.4 Å². The second-order valence-electron chi connectivity index (χ2n) is 7.05. The van der Waals surface area contributed by atoms with E-state index in [2.05, 4.69) is 29.8 Å². The highest BCUT2D eigenvalue weighted by atomic mass is 79.9. The molecule has 0 saturated carbocycles. The maximum atomic E-state index is 12.6. The summed E-state index contributed by atoms with van der Waals surface area (Å²) in [6.07, 6.45) is 2.77. The van der Waals surface area contributed by atoms with Gasteiger partial charge in [-0.25, -0.2) is 0 Å². The van der Waals surface area contributed by atoms with Crippen LogP contribution in [-0.4, -0.2) is 29.7 Å². The first-order valence-electron chi connectivity index (χ1n) is 8.10. The molecule has 24 heavy (non-hydrogen) atoms. The maximum absolute atomic E-state index is 12.6. The normalized spacial score (nSPS) is 23.1. The summed E-state index contributed by atoms with van der Waals surface area (Å²) in [6.45, 7) is 6.19. The van der Waals surface area contributed by atoms with E-state index in [0.717, 1.165) is 5.57 Å². The fourth-order valence-electron chi connectivity index (χ4n) is 3.84. The van der Waals surface area contributed by atoms with E-state index in [1.165, 1.54) is 0 Å². The van der Waals surface area contributed by atoms with Crippen LogP contribution in [0, 0.1) is 17.3 Å². The molecule has 0 aliphatic heterocycles. The Morgan fingerprint density at radius 2 is 1.96 bits per heavy atom. The Morgan fingerprint density at radius 3 is 2.54 bits per heavy atom. The van der Waals surface area contributed by atoms with Crippen LogP contribution in [0.3, 0.4) is 0 Å². The Kier molecular flexibility index (Phi) is 5.76. The molecule has 0 spiro atoms. The smallest absolute Gasteiger partial charge is 0.159 e. The van der Waals surface area contributed by atoms with E-state index in [1.54, 1.807) is 25.3 Å². The van der Waals surface area contributed by atoms with Crippen LogP contribution < -0.4 is 4.74 Å². The van der Waals surface area contributed by atoms with E-state index in [1.807, 2.05) is 6.92 Å². The van der Waals surface area contributed by atoms with Gasteiger partial charge in [0.15, 0.2) is 5.78 Å². The summed E-state index contributed by atoms with van der Waals surface area (Å²) in [6, 6.07) is 3.37. The van der Waals surface area contributed by atoms with Crippen LogP contribution in [0.2, 0.25) is 0 Å². The number of methoxy groups -OCH3 is 1. The molecule has 1 aliphatic carbocycles. The van der Waals surface area contributed by atoms with Crippen molar-refractivity contribution in [1.82, 2.24) is 0 Å². The fourth-order valence-corrected chi connectivity index (χ4v) is 4.33. The van der Waals surface area contributed by atoms with Gasteiger partial charge in [0, 0.05) is 12.5 Å². The van der Waals surface area contributed by atoms with E-state index in [0.29, 0.717) is 28.6 Å². The Labute approximate surface area is 151 Å². The zero-order valence-corrected chi connectivity index (χ0v) is 16.2. The molecule has 2 atom stereocenters. The molecule has 1 aliphatic rings. The third kappa shape index (κ3) is 3.52. The summed E-state index contributed by atoms with van der Waals surface area (Å²) in [7, 11) is 1.57. The number of carbonyl (C=O) groups excluding carboxylic acids is 1. The van der Waals surface area contributed by atoms with Crippen LogP contribution in [0.5, 0.6) is 11.5 Å². The highest BCUT2D eigenvalue weighted by Gasteiger charge is 2.44. The number of rotatable bonds is 5. The standard InChI is InChI=1S/C19H25BrO4/c1-11-7-17(23)14(19(2,3)13(11)5-6-21)8-12-9-18(24-4)15(20)10-16(12)22/h7,9-10,13-14,21-22H,5-6,8H2,1-4H3/t13-,14-/m1/s1. The Morgan fingerprint density at radius 1 is 1.29 bits per heavy atom. The Hall–Kier alpha value is -1.33. The summed E-state index contributed by atoms with van der Waals surface area (Å²) in [5.74, 6) is 0.742. The monoisotopic (exact) mass is 396 g/mol. The van der Waals surface area contributed by atoms with Gasteiger partial charge in [0.2, 0.25) is 0 Å². The van der Waals surface area contributed by atoms with Crippen LogP contribution in [0.25, 0.3) is 0 Å². The van der Waals surface area contributed by atoms with Crippen molar-refractivity contribution in [2.24, 2.45) is 17.3 Å². The molecule has 4 nitrogen and oxygen atoms in total. The minimum Gasteiger partial charge on any atom is -0.508 e. The van der Waals surface area contributed by atoms with Crippen molar-refractivity contribution in [3.05, 3.63) is 33.8 Å². The number of aliphatic hydroxyl groups excluding tert-OH is 1. The lowest BCUT2D eigenvalue weighted by molar-refractivity contribution is -0.124. The minimum atomic E-state index is -0.300. The van der Waals surface area contributed by atoms with E-state index in [9.17, 15) is 15.0 Å². The maximum Gasteiger partial charge on any atom is 0.159 e. The quantitative estimate of drug-likeness (QED) is 0.792. The van der Waals surface area contributed by atoms with Crippen molar-refractivity contribution in [3.63, 3.8) is 0 Å². The Balaban J connectivity index is 2.40. The number of hydrogen-bond donors (Lipinski definition) is 2. The molecular weight excluding hydrogens is 372 g/mol. The molecule has 0 saturated heterocycles. The molecule has 5 heteroatoms. The van der Waals surface area contributed by atoms with Crippen LogP contribution in [0.4, 0.5) is 0 Å². The van der Waals surface area contributed by atoms with Crippen LogP contribution in [0.15, 0.2) is 28.3 Å². The molecule has 132 valence electrons. The molecular formula is C19H25BrO4. The number of aromatic hydroxyl groups is 1. The molecule has 0 unspecified atom stereocenters. The topological polar surface area (TPSA) is 66.8 Å². The number of benzene rings is 1. The molecule has 0 fully saturated rings. The minimum absolute atomic E-state index is 0.0768. The first kappa shape index (κ1) is 19.0. The summed E-state index contributed by atoms with van der Waals surface area (Å²) in [5.41, 5.74) is 1.41. The number of aliphatic hydroxyl groups is 1. The number of ketones is 1. The van der Waals surface area contributed by atoms with Crippen molar-refractivity contribution in [2.75, 3.05) is 13.7 Å². The largest absolute Gasteiger partial charge is 0.508 e. The molecule has 0 bridgehead atoms. The van der Waals surface area contributed by atoms with Gasteiger partial charge in [-0.15, -0.1) is 0 Å². The first-order valence-corrected chi connectivity index (χ1v) is 8.90. The van der Waals surface area contributed by atoms with E-state index in [4.69, 9.17) is 4.74 Å². The number of hydrogen-bond acceptors (Lipinski definition) is 4. The summed E-state index contributed by atoms with van der Waals surface area (Å²) >= 11 is 3.35. The molecule has 1 aromatic rings. The molecule has 0 amide bonds.